The first-order chi connectivity index (χ1) is 14.8. The van der Waals surface area contributed by atoms with Crippen molar-refractivity contribution in [1.82, 2.24) is 15.2 Å². The highest BCUT2D eigenvalue weighted by Crippen LogP contribution is 2.17. The maximum atomic E-state index is 12.8. The van der Waals surface area contributed by atoms with Crippen molar-refractivity contribution in [2.45, 2.75) is 32.7 Å². The maximum Gasteiger partial charge on any atom is 0.254 e. The number of ether oxygens (including phenoxy) is 1. The van der Waals surface area contributed by atoms with Gasteiger partial charge in [0, 0.05) is 42.3 Å². The first kappa shape index (κ1) is 24.8. The molecule has 0 atom stereocenters. The zero-order valence-electron chi connectivity index (χ0n) is 17.8. The third-order valence-corrected chi connectivity index (χ3v) is 5.34. The van der Waals surface area contributed by atoms with Crippen molar-refractivity contribution in [3.05, 3.63) is 45.9 Å². The molecule has 0 fully saturated rings. The average molecular weight is 467 g/mol. The van der Waals surface area contributed by atoms with E-state index < -0.39 is 0 Å². The van der Waals surface area contributed by atoms with Gasteiger partial charge < -0.3 is 20.3 Å². The van der Waals surface area contributed by atoms with Crippen LogP contribution in [0.15, 0.2) is 29.6 Å². The summed E-state index contributed by atoms with van der Waals surface area (Å²) in [6, 6.07) is 6.36. The van der Waals surface area contributed by atoms with Gasteiger partial charge in [-0.15, -0.1) is 11.3 Å². The quantitative estimate of drug-likeness (QED) is 0.496. The van der Waals surface area contributed by atoms with E-state index in [9.17, 15) is 14.4 Å². The molecular formula is C21H27ClN4O4S. The Hall–Kier alpha value is -2.49. The van der Waals surface area contributed by atoms with Gasteiger partial charge in [0.25, 0.3) is 5.91 Å². The number of methoxy groups -OCH3 is 1. The second kappa shape index (κ2) is 12.4. The molecule has 10 heteroatoms. The zero-order chi connectivity index (χ0) is 22.8. The van der Waals surface area contributed by atoms with Crippen LogP contribution in [0.25, 0.3) is 0 Å². The molecule has 0 bridgehead atoms. The second-order valence-corrected chi connectivity index (χ2v) is 8.39. The van der Waals surface area contributed by atoms with Gasteiger partial charge in [-0.1, -0.05) is 11.6 Å². The summed E-state index contributed by atoms with van der Waals surface area (Å²) in [4.78, 5) is 43.0. The van der Waals surface area contributed by atoms with E-state index in [2.05, 4.69) is 15.6 Å². The van der Waals surface area contributed by atoms with Crippen molar-refractivity contribution in [1.29, 1.82) is 0 Å². The topological polar surface area (TPSA) is 101 Å². The normalized spacial score (nSPS) is 10.7. The van der Waals surface area contributed by atoms with E-state index in [0.717, 1.165) is 6.42 Å². The molecule has 0 saturated carbocycles. The van der Waals surface area contributed by atoms with Crippen molar-refractivity contribution in [3.8, 4) is 0 Å². The second-order valence-electron chi connectivity index (χ2n) is 7.10. The van der Waals surface area contributed by atoms with E-state index in [-0.39, 0.29) is 36.7 Å². The number of rotatable bonds is 11. The number of hydrogen-bond donors (Lipinski definition) is 2. The summed E-state index contributed by atoms with van der Waals surface area (Å²) in [5.74, 6) is -0.758. The molecule has 31 heavy (non-hydrogen) atoms. The summed E-state index contributed by atoms with van der Waals surface area (Å²) in [6.45, 7) is 4.68. The fraction of sp³-hybridized carbons (Fsp3) is 0.429. The summed E-state index contributed by atoms with van der Waals surface area (Å²) < 4.78 is 4.94. The summed E-state index contributed by atoms with van der Waals surface area (Å²) in [5, 5.41) is 8.14. The molecule has 0 aliphatic heterocycles. The molecule has 0 aliphatic rings. The Morgan fingerprint density at radius 2 is 1.90 bits per heavy atom. The number of hydrogen-bond acceptors (Lipinski definition) is 6. The Labute approximate surface area is 190 Å². The number of anilines is 1. The minimum atomic E-state index is -0.360. The lowest BCUT2D eigenvalue weighted by Crippen LogP contribution is -2.42. The molecule has 168 valence electrons. The summed E-state index contributed by atoms with van der Waals surface area (Å²) in [7, 11) is 1.61. The predicted octanol–water partition coefficient (Wildman–Crippen LogP) is 2.98. The monoisotopic (exact) mass is 466 g/mol. The van der Waals surface area contributed by atoms with Crippen LogP contribution in [0.3, 0.4) is 0 Å². The molecule has 8 nitrogen and oxygen atoms in total. The van der Waals surface area contributed by atoms with Crippen LogP contribution in [-0.2, 0) is 20.7 Å². The molecule has 2 N–H and O–H groups in total. The van der Waals surface area contributed by atoms with Crippen LogP contribution in [0.2, 0.25) is 5.02 Å². The SMILES string of the molecule is COCCCNC(=O)Cc1csc(NC(=O)CN(C(=O)c2ccc(Cl)cc2)C(C)C)n1. The van der Waals surface area contributed by atoms with Gasteiger partial charge in [-0.2, -0.15) is 0 Å². The van der Waals surface area contributed by atoms with Gasteiger partial charge in [0.2, 0.25) is 11.8 Å². The van der Waals surface area contributed by atoms with Gasteiger partial charge in [0.15, 0.2) is 5.13 Å². The smallest absolute Gasteiger partial charge is 0.254 e. The highest BCUT2D eigenvalue weighted by atomic mass is 35.5. The number of nitrogens with one attached hydrogen (secondary N) is 2. The Morgan fingerprint density at radius 3 is 2.55 bits per heavy atom. The van der Waals surface area contributed by atoms with Crippen molar-refractivity contribution in [3.63, 3.8) is 0 Å². The van der Waals surface area contributed by atoms with Gasteiger partial charge in [-0.05, 0) is 44.5 Å². The number of carbonyl (C=O) groups excluding carboxylic acids is 3. The number of halogens is 1. The molecular weight excluding hydrogens is 440 g/mol. The van der Waals surface area contributed by atoms with Crippen LogP contribution in [-0.4, -0.2) is 60.5 Å². The van der Waals surface area contributed by atoms with E-state index in [1.54, 1.807) is 36.8 Å². The molecule has 0 radical (unpaired) electrons. The number of thiazole rings is 1. The molecule has 1 heterocycles. The molecule has 1 aromatic heterocycles. The fourth-order valence-electron chi connectivity index (χ4n) is 2.68. The first-order valence-corrected chi connectivity index (χ1v) is 11.1. The van der Waals surface area contributed by atoms with Gasteiger partial charge in [-0.25, -0.2) is 4.98 Å². The Balaban J connectivity index is 1.89. The molecule has 0 aliphatic carbocycles. The van der Waals surface area contributed by atoms with E-state index in [4.69, 9.17) is 16.3 Å². The molecule has 3 amide bonds. The van der Waals surface area contributed by atoms with Gasteiger partial charge in [-0.3, -0.25) is 14.4 Å². The highest BCUT2D eigenvalue weighted by Gasteiger charge is 2.22. The lowest BCUT2D eigenvalue weighted by Gasteiger charge is -2.26. The van der Waals surface area contributed by atoms with Gasteiger partial charge in [0.1, 0.15) is 6.54 Å². The molecule has 2 aromatic rings. The number of carbonyl (C=O) groups is 3. The summed E-state index contributed by atoms with van der Waals surface area (Å²) >= 11 is 7.11. The van der Waals surface area contributed by atoms with E-state index in [1.165, 1.54) is 16.2 Å². The predicted molar refractivity (Wildman–Crippen MR) is 122 cm³/mol. The Kier molecular flexibility index (Phi) is 9.90. The molecule has 1 aromatic carbocycles. The number of benzene rings is 1. The van der Waals surface area contributed by atoms with E-state index >= 15 is 0 Å². The standard InChI is InChI=1S/C21H27ClN4O4S/c1-14(2)26(20(29)15-5-7-16(22)8-6-15)12-19(28)25-21-24-17(13-31-21)11-18(27)23-9-4-10-30-3/h5-8,13-14H,4,9-12H2,1-3H3,(H,23,27)(H,24,25,28). The van der Waals surface area contributed by atoms with Gasteiger partial charge >= 0.3 is 0 Å². The van der Waals surface area contributed by atoms with Crippen LogP contribution >= 0.6 is 22.9 Å². The third-order valence-electron chi connectivity index (χ3n) is 4.28. The van der Waals surface area contributed by atoms with Crippen molar-refractivity contribution in [2.24, 2.45) is 0 Å². The van der Waals surface area contributed by atoms with Crippen LogP contribution in [0.1, 0.15) is 36.3 Å². The van der Waals surface area contributed by atoms with Crippen molar-refractivity contribution >= 4 is 45.8 Å². The van der Waals surface area contributed by atoms with E-state index in [1.807, 2.05) is 13.8 Å². The zero-order valence-corrected chi connectivity index (χ0v) is 19.4. The molecule has 2 rings (SSSR count). The number of amides is 3. The lowest BCUT2D eigenvalue weighted by molar-refractivity contribution is -0.120. The minimum Gasteiger partial charge on any atom is -0.385 e. The largest absolute Gasteiger partial charge is 0.385 e. The van der Waals surface area contributed by atoms with Crippen molar-refractivity contribution < 1.29 is 19.1 Å². The summed E-state index contributed by atoms with van der Waals surface area (Å²) in [5.41, 5.74) is 1.03. The molecule has 0 saturated heterocycles. The first-order valence-electron chi connectivity index (χ1n) is 9.86. The average Bonchev–Trinajstić information content (AvgIpc) is 3.15. The molecule has 0 spiro atoms. The summed E-state index contributed by atoms with van der Waals surface area (Å²) in [6.07, 6.45) is 0.869. The number of aromatic nitrogens is 1. The maximum absolute atomic E-state index is 12.8. The third kappa shape index (κ3) is 8.28. The van der Waals surface area contributed by atoms with Crippen LogP contribution in [0.5, 0.6) is 0 Å². The minimum absolute atomic E-state index is 0.117. The molecule has 0 unspecified atom stereocenters. The van der Waals surface area contributed by atoms with Crippen LogP contribution in [0.4, 0.5) is 5.13 Å². The van der Waals surface area contributed by atoms with Gasteiger partial charge in [0.05, 0.1) is 12.1 Å². The van der Waals surface area contributed by atoms with Crippen LogP contribution in [0, 0.1) is 0 Å². The lowest BCUT2D eigenvalue weighted by atomic mass is 10.1. The number of nitrogens with zero attached hydrogens (tertiary/aromatic N) is 2. The van der Waals surface area contributed by atoms with Crippen molar-refractivity contribution in [2.75, 3.05) is 32.1 Å². The fourth-order valence-corrected chi connectivity index (χ4v) is 3.53. The Morgan fingerprint density at radius 1 is 1.19 bits per heavy atom. The highest BCUT2D eigenvalue weighted by molar-refractivity contribution is 7.13. The van der Waals surface area contributed by atoms with E-state index in [0.29, 0.717) is 34.6 Å². The van der Waals surface area contributed by atoms with Crippen LogP contribution < -0.4 is 10.6 Å². The Bertz CT molecular complexity index is 886.